The van der Waals surface area contributed by atoms with Crippen LogP contribution in [0.3, 0.4) is 0 Å². The molecule has 1 aliphatic rings. The second-order valence-corrected chi connectivity index (χ2v) is 10.9. The molecule has 0 bridgehead atoms. The van der Waals surface area contributed by atoms with Crippen LogP contribution >= 0.6 is 15.9 Å². The highest BCUT2D eigenvalue weighted by atomic mass is 79.9. The Morgan fingerprint density at radius 3 is 2.21 bits per heavy atom. The van der Waals surface area contributed by atoms with Crippen LogP contribution in [0, 0.1) is 26.2 Å². The van der Waals surface area contributed by atoms with Crippen molar-refractivity contribution >= 4 is 27.5 Å². The third-order valence-corrected chi connectivity index (χ3v) is 6.34. The lowest BCUT2D eigenvalue weighted by Crippen LogP contribution is -2.31. The second kappa shape index (κ2) is 7.46. The SMILES string of the molecule is Cc1c(C)c2c(c(C)c1NC(=O)CC(C)(C)C)C(c1ccc(Br)cc1)C(C)(C)O2. The molecule has 0 saturated carbocycles. The molecule has 0 fully saturated rings. The Morgan fingerprint density at radius 2 is 1.66 bits per heavy atom. The standard InChI is InChI=1S/C25H32BrNO2/c1-14-15(2)23-20(16(3)22(14)27-19(28)13-24(4,5)6)21(25(7,8)29-23)17-9-11-18(26)12-10-17/h9-12,21H,13H2,1-8H3,(H,27,28). The van der Waals surface area contributed by atoms with E-state index in [-0.39, 0.29) is 22.8 Å². The van der Waals surface area contributed by atoms with Crippen LogP contribution in [-0.4, -0.2) is 11.5 Å². The Kier molecular flexibility index (Phi) is 5.63. The molecule has 1 unspecified atom stereocenters. The number of hydrogen-bond donors (Lipinski definition) is 1. The lowest BCUT2D eigenvalue weighted by atomic mass is 9.78. The van der Waals surface area contributed by atoms with Crippen LogP contribution < -0.4 is 10.1 Å². The quantitative estimate of drug-likeness (QED) is 0.535. The van der Waals surface area contributed by atoms with E-state index in [1.807, 2.05) is 0 Å². The number of halogens is 1. The highest BCUT2D eigenvalue weighted by Gasteiger charge is 2.45. The van der Waals surface area contributed by atoms with Crippen molar-refractivity contribution < 1.29 is 9.53 Å². The summed E-state index contributed by atoms with van der Waals surface area (Å²) in [5.74, 6) is 1.12. The zero-order chi connectivity index (χ0) is 21.7. The first kappa shape index (κ1) is 21.9. The van der Waals surface area contributed by atoms with Crippen LogP contribution in [-0.2, 0) is 4.79 Å². The van der Waals surface area contributed by atoms with E-state index >= 15 is 0 Å². The molecule has 0 radical (unpaired) electrons. The van der Waals surface area contributed by atoms with Gasteiger partial charge in [0.15, 0.2) is 0 Å². The minimum atomic E-state index is -0.369. The first-order valence-corrected chi connectivity index (χ1v) is 11.0. The summed E-state index contributed by atoms with van der Waals surface area (Å²) in [7, 11) is 0. The third kappa shape index (κ3) is 4.23. The highest BCUT2D eigenvalue weighted by Crippen LogP contribution is 2.53. The Hall–Kier alpha value is -1.81. The maximum atomic E-state index is 12.7. The van der Waals surface area contributed by atoms with Gasteiger partial charge in [-0.15, -0.1) is 0 Å². The highest BCUT2D eigenvalue weighted by molar-refractivity contribution is 9.10. The van der Waals surface area contributed by atoms with E-state index in [1.54, 1.807) is 0 Å². The van der Waals surface area contributed by atoms with E-state index in [4.69, 9.17) is 4.74 Å². The molecule has 1 N–H and O–H groups in total. The van der Waals surface area contributed by atoms with Crippen LogP contribution in [0.5, 0.6) is 5.75 Å². The number of hydrogen-bond acceptors (Lipinski definition) is 2. The number of ether oxygens (including phenoxy) is 1. The Bertz CT molecular complexity index is 953. The molecular formula is C25H32BrNO2. The van der Waals surface area contributed by atoms with Gasteiger partial charge in [-0.1, -0.05) is 48.8 Å². The minimum absolute atomic E-state index is 0.0528. The summed E-state index contributed by atoms with van der Waals surface area (Å²) in [4.78, 5) is 12.7. The van der Waals surface area contributed by atoms with Gasteiger partial charge in [0.05, 0.1) is 5.92 Å². The van der Waals surface area contributed by atoms with Crippen molar-refractivity contribution in [3.63, 3.8) is 0 Å². The lowest BCUT2D eigenvalue weighted by Gasteiger charge is -2.27. The second-order valence-electron chi connectivity index (χ2n) is 9.97. The van der Waals surface area contributed by atoms with E-state index in [0.717, 1.165) is 32.6 Å². The van der Waals surface area contributed by atoms with Gasteiger partial charge < -0.3 is 10.1 Å². The third-order valence-electron chi connectivity index (χ3n) is 5.81. The topological polar surface area (TPSA) is 38.3 Å². The fourth-order valence-electron chi connectivity index (χ4n) is 4.37. The maximum Gasteiger partial charge on any atom is 0.224 e. The van der Waals surface area contributed by atoms with Crippen LogP contribution in [0.1, 0.15) is 74.8 Å². The molecular weight excluding hydrogens is 426 g/mol. The van der Waals surface area contributed by atoms with Gasteiger partial charge >= 0.3 is 0 Å². The first-order valence-electron chi connectivity index (χ1n) is 10.2. The summed E-state index contributed by atoms with van der Waals surface area (Å²) < 4.78 is 7.56. The van der Waals surface area contributed by atoms with Crippen LogP contribution in [0.15, 0.2) is 28.7 Å². The van der Waals surface area contributed by atoms with E-state index in [1.165, 1.54) is 11.1 Å². The molecule has 2 aromatic rings. The van der Waals surface area contributed by atoms with E-state index < -0.39 is 0 Å². The molecule has 1 aliphatic heterocycles. The van der Waals surface area contributed by atoms with Crippen LogP contribution in [0.25, 0.3) is 0 Å². The molecule has 156 valence electrons. The summed E-state index contributed by atoms with van der Waals surface area (Å²) >= 11 is 3.53. The van der Waals surface area contributed by atoms with E-state index in [2.05, 4.69) is 101 Å². The molecule has 4 heteroatoms. The Labute approximate surface area is 183 Å². The molecule has 0 aromatic heterocycles. The zero-order valence-electron chi connectivity index (χ0n) is 18.8. The van der Waals surface area contributed by atoms with Gasteiger partial charge in [0.2, 0.25) is 5.91 Å². The van der Waals surface area contributed by atoms with Crippen molar-refractivity contribution in [1.82, 2.24) is 0 Å². The molecule has 0 spiro atoms. The fraction of sp³-hybridized carbons (Fsp3) is 0.480. The average molecular weight is 458 g/mol. The van der Waals surface area contributed by atoms with Crippen molar-refractivity contribution in [3.05, 3.63) is 56.6 Å². The van der Waals surface area contributed by atoms with Gasteiger partial charge in [0.1, 0.15) is 11.4 Å². The van der Waals surface area contributed by atoms with Gasteiger partial charge in [-0.25, -0.2) is 0 Å². The molecule has 2 aromatic carbocycles. The molecule has 1 amide bonds. The molecule has 29 heavy (non-hydrogen) atoms. The number of fused-ring (bicyclic) bond motifs is 1. The molecule has 3 rings (SSSR count). The smallest absolute Gasteiger partial charge is 0.224 e. The number of carbonyl (C=O) groups is 1. The van der Waals surface area contributed by atoms with Crippen LogP contribution in [0.4, 0.5) is 5.69 Å². The van der Waals surface area contributed by atoms with Gasteiger partial charge in [0, 0.05) is 22.1 Å². The van der Waals surface area contributed by atoms with E-state index in [9.17, 15) is 4.79 Å². The normalized spacial score (nSPS) is 17.6. The molecule has 3 nitrogen and oxygen atoms in total. The average Bonchev–Trinajstić information content (AvgIpc) is 2.87. The monoisotopic (exact) mass is 457 g/mol. The predicted octanol–water partition coefficient (Wildman–Crippen LogP) is 7.05. The van der Waals surface area contributed by atoms with Gasteiger partial charge in [-0.3, -0.25) is 4.79 Å². The van der Waals surface area contributed by atoms with Gasteiger partial charge in [-0.2, -0.15) is 0 Å². The number of carbonyl (C=O) groups excluding carboxylic acids is 1. The van der Waals surface area contributed by atoms with Crippen molar-refractivity contribution in [2.75, 3.05) is 5.32 Å². The summed E-state index contributed by atoms with van der Waals surface area (Å²) in [6.07, 6.45) is 0.486. The van der Waals surface area contributed by atoms with E-state index in [0.29, 0.717) is 6.42 Å². The summed E-state index contributed by atoms with van der Waals surface area (Å²) in [6.45, 7) is 16.8. The Balaban J connectivity index is 2.13. The summed E-state index contributed by atoms with van der Waals surface area (Å²) in [6, 6.07) is 8.46. The van der Waals surface area contributed by atoms with Crippen LogP contribution in [0.2, 0.25) is 0 Å². The number of nitrogens with one attached hydrogen (secondary N) is 1. The summed E-state index contributed by atoms with van der Waals surface area (Å²) in [5, 5.41) is 3.21. The fourth-order valence-corrected chi connectivity index (χ4v) is 4.64. The van der Waals surface area contributed by atoms with Crippen molar-refractivity contribution in [2.24, 2.45) is 5.41 Å². The van der Waals surface area contributed by atoms with Crippen molar-refractivity contribution in [1.29, 1.82) is 0 Å². The predicted molar refractivity (Wildman–Crippen MR) is 124 cm³/mol. The van der Waals surface area contributed by atoms with Crippen molar-refractivity contribution in [3.8, 4) is 5.75 Å². The first-order chi connectivity index (χ1) is 13.3. The number of amides is 1. The maximum absolute atomic E-state index is 12.7. The minimum Gasteiger partial charge on any atom is -0.486 e. The van der Waals surface area contributed by atoms with Crippen molar-refractivity contribution in [2.45, 2.75) is 73.3 Å². The Morgan fingerprint density at radius 1 is 1.07 bits per heavy atom. The van der Waals surface area contributed by atoms with Gasteiger partial charge in [-0.05, 0) is 74.4 Å². The van der Waals surface area contributed by atoms with Gasteiger partial charge in [0.25, 0.3) is 0 Å². The molecule has 0 saturated heterocycles. The molecule has 1 heterocycles. The lowest BCUT2D eigenvalue weighted by molar-refractivity contribution is -0.117. The largest absolute Gasteiger partial charge is 0.486 e. The summed E-state index contributed by atoms with van der Waals surface area (Å²) in [5.41, 5.74) is 6.19. The zero-order valence-corrected chi connectivity index (χ0v) is 20.4. The number of benzene rings is 2. The molecule has 0 aliphatic carbocycles. The number of anilines is 1. The number of rotatable bonds is 3. The molecule has 1 atom stereocenters.